The summed E-state index contributed by atoms with van der Waals surface area (Å²) in [6.45, 7) is 3.85. The van der Waals surface area contributed by atoms with E-state index in [0.29, 0.717) is 6.07 Å². The molecule has 0 N–H and O–H groups in total. The van der Waals surface area contributed by atoms with E-state index in [0.717, 1.165) is 30.3 Å². The van der Waals surface area contributed by atoms with Crippen molar-refractivity contribution in [2.75, 3.05) is 19.0 Å². The monoisotopic (exact) mass is 516 g/mol. The molecule has 2 aromatic rings. The van der Waals surface area contributed by atoms with Crippen molar-refractivity contribution in [1.29, 1.82) is 0 Å². The highest BCUT2D eigenvalue weighted by atomic mass is 32.2. The highest BCUT2D eigenvalue weighted by Crippen LogP contribution is 2.57. The molecule has 3 rings (SSSR count). The van der Waals surface area contributed by atoms with Gasteiger partial charge in [-0.1, -0.05) is 37.3 Å². The van der Waals surface area contributed by atoms with Gasteiger partial charge in [0.25, 0.3) is 0 Å². The van der Waals surface area contributed by atoms with Gasteiger partial charge in [0, 0.05) is 17.0 Å². The number of hydrogen-bond acceptors (Lipinski definition) is 6. The minimum Gasteiger partial charge on any atom is -0.465 e. The summed E-state index contributed by atoms with van der Waals surface area (Å²) in [4.78, 5) is 25.5. The van der Waals surface area contributed by atoms with Gasteiger partial charge in [0.2, 0.25) is 0 Å². The van der Waals surface area contributed by atoms with Crippen LogP contribution in [0.25, 0.3) is 0 Å². The molecule has 1 aliphatic rings. The van der Waals surface area contributed by atoms with E-state index >= 15 is 17.6 Å². The summed E-state index contributed by atoms with van der Waals surface area (Å²) >= 11 is 0. The standard InChI is InChI=1S/C24H24F4O6S/c1-4-33-21(29)20(22(30)34-5-2)19-15-9-7-8-10-17(15)23(25,26)24(27,28)18-12-11-14(13-16(18)19)35(31,32)6-3/h7-13,19-20H,4-6H2,1-3H3. The van der Waals surface area contributed by atoms with Crippen LogP contribution < -0.4 is 0 Å². The fourth-order valence-electron chi connectivity index (χ4n) is 4.20. The lowest BCUT2D eigenvalue weighted by molar-refractivity contribution is -0.223. The molecule has 2 aromatic carbocycles. The van der Waals surface area contributed by atoms with Gasteiger partial charge >= 0.3 is 23.8 Å². The topological polar surface area (TPSA) is 86.7 Å². The fourth-order valence-corrected chi connectivity index (χ4v) is 5.11. The first-order valence-electron chi connectivity index (χ1n) is 10.9. The maximum absolute atomic E-state index is 15.4. The number of hydrogen-bond donors (Lipinski definition) is 0. The van der Waals surface area contributed by atoms with E-state index in [9.17, 15) is 18.0 Å². The third kappa shape index (κ3) is 4.41. The Hall–Kier alpha value is -2.95. The molecule has 0 spiro atoms. The molecular weight excluding hydrogens is 492 g/mol. The van der Waals surface area contributed by atoms with Gasteiger partial charge in [-0.15, -0.1) is 0 Å². The quantitative estimate of drug-likeness (QED) is 0.305. The van der Waals surface area contributed by atoms with Gasteiger partial charge in [-0.2, -0.15) is 17.6 Å². The lowest BCUT2D eigenvalue weighted by Gasteiger charge is -2.27. The maximum atomic E-state index is 15.4. The molecule has 1 unspecified atom stereocenters. The Bertz CT molecular complexity index is 1220. The molecule has 0 saturated carbocycles. The summed E-state index contributed by atoms with van der Waals surface area (Å²) in [5.74, 6) is -16.0. The van der Waals surface area contributed by atoms with Crippen molar-refractivity contribution in [1.82, 2.24) is 0 Å². The average molecular weight is 517 g/mol. The first-order chi connectivity index (χ1) is 16.3. The molecule has 6 nitrogen and oxygen atoms in total. The van der Waals surface area contributed by atoms with Crippen molar-refractivity contribution >= 4 is 21.8 Å². The summed E-state index contributed by atoms with van der Waals surface area (Å²) in [6, 6.07) is 6.58. The highest BCUT2D eigenvalue weighted by Gasteiger charge is 2.63. The number of fused-ring (bicyclic) bond motifs is 2. The third-order valence-corrected chi connectivity index (χ3v) is 7.61. The summed E-state index contributed by atoms with van der Waals surface area (Å²) < 4.78 is 96.6. The lowest BCUT2D eigenvalue weighted by Crippen LogP contribution is -2.35. The van der Waals surface area contributed by atoms with Crippen molar-refractivity contribution in [3.05, 3.63) is 64.7 Å². The fraction of sp³-hybridized carbons (Fsp3) is 0.417. The summed E-state index contributed by atoms with van der Waals surface area (Å²) in [6.07, 6.45) is 0. The first-order valence-corrected chi connectivity index (χ1v) is 12.6. The van der Waals surface area contributed by atoms with Gasteiger partial charge in [0.1, 0.15) is 0 Å². The molecule has 11 heteroatoms. The van der Waals surface area contributed by atoms with Crippen molar-refractivity contribution in [2.45, 2.75) is 43.4 Å². The Morgan fingerprint density at radius 3 is 1.89 bits per heavy atom. The van der Waals surface area contributed by atoms with E-state index in [-0.39, 0.29) is 13.2 Å². The third-order valence-electron chi connectivity index (χ3n) is 5.88. The molecule has 1 aliphatic carbocycles. The first kappa shape index (κ1) is 26.7. The smallest absolute Gasteiger partial charge is 0.340 e. The summed E-state index contributed by atoms with van der Waals surface area (Å²) in [7, 11) is -3.96. The highest BCUT2D eigenvalue weighted by molar-refractivity contribution is 7.91. The van der Waals surface area contributed by atoms with E-state index in [2.05, 4.69) is 0 Å². The number of carbonyl (C=O) groups is 2. The van der Waals surface area contributed by atoms with Crippen LogP contribution in [0.15, 0.2) is 47.4 Å². The van der Waals surface area contributed by atoms with Crippen LogP contribution in [-0.2, 0) is 40.7 Å². The molecule has 0 amide bonds. The van der Waals surface area contributed by atoms with Gasteiger partial charge in [-0.3, -0.25) is 9.59 Å². The largest absolute Gasteiger partial charge is 0.465 e. The second-order valence-corrected chi connectivity index (χ2v) is 10.1. The predicted octanol–water partition coefficient (Wildman–Crippen LogP) is 4.55. The minimum atomic E-state index is -4.80. The number of halogens is 4. The number of rotatable bonds is 7. The number of sulfone groups is 1. The molecule has 0 heterocycles. The second-order valence-electron chi connectivity index (χ2n) is 7.85. The zero-order valence-corrected chi connectivity index (χ0v) is 20.0. The Morgan fingerprint density at radius 2 is 1.37 bits per heavy atom. The molecule has 0 aliphatic heterocycles. The number of alkyl halides is 4. The number of esters is 2. The summed E-state index contributed by atoms with van der Waals surface area (Å²) in [5.41, 5.74) is -3.32. The van der Waals surface area contributed by atoms with Crippen LogP contribution in [0.4, 0.5) is 17.6 Å². The number of ether oxygens (including phenoxy) is 2. The van der Waals surface area contributed by atoms with Crippen LogP contribution in [0.1, 0.15) is 48.9 Å². The van der Waals surface area contributed by atoms with E-state index in [1.165, 1.54) is 26.8 Å². The van der Waals surface area contributed by atoms with Crippen molar-refractivity contribution < 1.29 is 45.0 Å². The molecule has 0 fully saturated rings. The van der Waals surface area contributed by atoms with E-state index in [4.69, 9.17) is 9.47 Å². The van der Waals surface area contributed by atoms with Crippen LogP contribution in [0, 0.1) is 5.92 Å². The lowest BCUT2D eigenvalue weighted by atomic mass is 9.78. The molecular formula is C24H24F4O6S. The zero-order valence-electron chi connectivity index (χ0n) is 19.2. The molecule has 0 saturated heterocycles. The van der Waals surface area contributed by atoms with E-state index < -0.39 is 78.4 Å². The molecule has 0 bridgehead atoms. The number of benzene rings is 2. The van der Waals surface area contributed by atoms with Gasteiger partial charge in [-0.25, -0.2) is 8.42 Å². The van der Waals surface area contributed by atoms with Crippen LogP contribution in [0.3, 0.4) is 0 Å². The predicted molar refractivity (Wildman–Crippen MR) is 117 cm³/mol. The van der Waals surface area contributed by atoms with Gasteiger partial charge < -0.3 is 9.47 Å². The Morgan fingerprint density at radius 1 is 0.857 bits per heavy atom. The molecule has 35 heavy (non-hydrogen) atoms. The van der Waals surface area contributed by atoms with Crippen molar-refractivity contribution in [3.63, 3.8) is 0 Å². The molecule has 0 aromatic heterocycles. The van der Waals surface area contributed by atoms with Crippen LogP contribution in [-0.4, -0.2) is 39.3 Å². The van der Waals surface area contributed by atoms with Crippen LogP contribution >= 0.6 is 0 Å². The van der Waals surface area contributed by atoms with E-state index in [1.54, 1.807) is 0 Å². The van der Waals surface area contributed by atoms with Crippen LogP contribution in [0.5, 0.6) is 0 Å². The maximum Gasteiger partial charge on any atom is 0.340 e. The SMILES string of the molecule is CCOC(=O)C(C(=O)OCC)C1c2ccccc2C(F)(F)C(F)(F)c2ccc(S(=O)(=O)CC)cc21. The van der Waals surface area contributed by atoms with Gasteiger partial charge in [0.05, 0.1) is 23.9 Å². The molecule has 0 radical (unpaired) electrons. The van der Waals surface area contributed by atoms with Crippen molar-refractivity contribution in [3.8, 4) is 0 Å². The number of carbonyl (C=O) groups excluding carboxylic acids is 2. The zero-order chi connectivity index (χ0) is 26.2. The van der Waals surface area contributed by atoms with E-state index in [1.807, 2.05) is 0 Å². The van der Waals surface area contributed by atoms with Crippen LogP contribution in [0.2, 0.25) is 0 Å². The second kappa shape index (κ2) is 9.60. The Balaban J connectivity index is 2.49. The Labute approximate surface area is 200 Å². The van der Waals surface area contributed by atoms with Gasteiger partial charge in [0.15, 0.2) is 15.8 Å². The normalized spacial score (nSPS) is 18.2. The van der Waals surface area contributed by atoms with Crippen molar-refractivity contribution in [2.24, 2.45) is 5.92 Å². The average Bonchev–Trinajstić information content (AvgIpc) is 2.86. The van der Waals surface area contributed by atoms with Gasteiger partial charge in [-0.05, 0) is 37.1 Å². The minimum absolute atomic E-state index is 0.188. The Kier molecular flexibility index (Phi) is 7.31. The molecule has 190 valence electrons. The molecule has 1 atom stereocenters. The summed E-state index contributed by atoms with van der Waals surface area (Å²) in [5, 5.41) is 0.